The highest BCUT2D eigenvalue weighted by Gasteiger charge is 2.27. The number of hydrogen-bond donors (Lipinski definition) is 1. The fourth-order valence-corrected chi connectivity index (χ4v) is 4.09. The largest absolute Gasteiger partial charge is 0.467 e. The van der Waals surface area contributed by atoms with Crippen LogP contribution in [0.15, 0.2) is 68.4 Å². The Labute approximate surface area is 172 Å². The number of nitrogens with zero attached hydrogens (tertiary/aromatic N) is 2. The van der Waals surface area contributed by atoms with Gasteiger partial charge >= 0.3 is 5.76 Å². The van der Waals surface area contributed by atoms with Gasteiger partial charge in [0, 0.05) is 31.2 Å². The van der Waals surface area contributed by atoms with Crippen molar-refractivity contribution in [3.05, 3.63) is 82.5 Å². The summed E-state index contributed by atoms with van der Waals surface area (Å²) in [6, 6.07) is 14.5. The van der Waals surface area contributed by atoms with Crippen LogP contribution in [0, 0.1) is 5.82 Å². The number of fused-ring (bicyclic) bond motifs is 1. The fraction of sp³-hybridized carbons (Fsp3) is 0.261. The van der Waals surface area contributed by atoms with E-state index < -0.39 is 5.76 Å². The van der Waals surface area contributed by atoms with E-state index in [0.717, 1.165) is 42.1 Å². The first-order chi connectivity index (χ1) is 14.5. The Hall–Kier alpha value is -3.16. The molecule has 3 heterocycles. The maximum atomic E-state index is 13.4. The predicted molar refractivity (Wildman–Crippen MR) is 112 cm³/mol. The molecule has 0 saturated carbocycles. The van der Waals surface area contributed by atoms with Crippen LogP contribution in [0.4, 0.5) is 4.39 Å². The number of rotatable bonds is 4. The van der Waals surface area contributed by atoms with Gasteiger partial charge in [0.2, 0.25) is 0 Å². The van der Waals surface area contributed by atoms with E-state index in [2.05, 4.69) is 21.8 Å². The van der Waals surface area contributed by atoms with Crippen molar-refractivity contribution in [3.8, 4) is 11.1 Å². The second kappa shape index (κ2) is 7.59. The Morgan fingerprint density at radius 3 is 2.77 bits per heavy atom. The van der Waals surface area contributed by atoms with Gasteiger partial charge in [-0.1, -0.05) is 18.2 Å². The minimum absolute atomic E-state index is 0.170. The number of nitrogens with one attached hydrogen (secondary N) is 1. The third-order valence-corrected chi connectivity index (χ3v) is 5.72. The molecule has 0 spiro atoms. The zero-order chi connectivity index (χ0) is 20.7. The predicted octanol–water partition coefficient (Wildman–Crippen LogP) is 4.01. The van der Waals surface area contributed by atoms with Crippen molar-refractivity contribution >= 4 is 11.1 Å². The Balaban J connectivity index is 1.38. The zero-order valence-electron chi connectivity index (χ0n) is 16.6. The van der Waals surface area contributed by atoms with Gasteiger partial charge in [-0.05, 0) is 48.5 Å². The highest BCUT2D eigenvalue weighted by atomic mass is 19.1. The van der Waals surface area contributed by atoms with E-state index in [9.17, 15) is 9.18 Å². The quantitative estimate of drug-likeness (QED) is 0.554. The molecule has 6 nitrogen and oxygen atoms in total. The van der Waals surface area contributed by atoms with Crippen molar-refractivity contribution < 1.29 is 13.2 Å². The lowest BCUT2D eigenvalue weighted by Gasteiger charge is -2.40. The molecular formula is C23H22FN3O3. The standard InChI is InChI=1S/C23H22FN3O3/c1-26-8-9-27(21(13-26)15-2-5-18(24)6-3-15)12-19-10-17(14-29-19)16-4-7-20-22(11-16)30-23(28)25-20/h2-7,10-11,14,21H,8-9,12-13H2,1H3,(H,25,28)/t21-/m0/s1. The summed E-state index contributed by atoms with van der Waals surface area (Å²) in [4.78, 5) is 18.7. The number of hydrogen-bond acceptors (Lipinski definition) is 5. The van der Waals surface area contributed by atoms with Gasteiger partial charge in [0.05, 0.1) is 18.3 Å². The molecule has 0 aliphatic carbocycles. The third kappa shape index (κ3) is 3.69. The molecule has 0 unspecified atom stereocenters. The van der Waals surface area contributed by atoms with E-state index in [1.807, 2.05) is 36.4 Å². The summed E-state index contributed by atoms with van der Waals surface area (Å²) >= 11 is 0. The second-order valence-corrected chi connectivity index (χ2v) is 7.83. The van der Waals surface area contributed by atoms with Crippen LogP contribution >= 0.6 is 0 Å². The monoisotopic (exact) mass is 407 g/mol. The molecule has 4 aromatic rings. The number of halogens is 1. The number of likely N-dealkylation sites (N-methyl/N-ethyl adjacent to an activating group) is 1. The van der Waals surface area contributed by atoms with Crippen molar-refractivity contribution in [2.24, 2.45) is 0 Å². The first-order valence-electron chi connectivity index (χ1n) is 9.94. The summed E-state index contributed by atoms with van der Waals surface area (Å²) in [7, 11) is 2.11. The highest BCUT2D eigenvalue weighted by Crippen LogP contribution is 2.30. The van der Waals surface area contributed by atoms with Crippen LogP contribution in [-0.2, 0) is 6.54 Å². The first-order valence-corrected chi connectivity index (χ1v) is 9.94. The summed E-state index contributed by atoms with van der Waals surface area (Å²) in [6.07, 6.45) is 1.73. The van der Waals surface area contributed by atoms with Gasteiger partial charge in [-0.2, -0.15) is 0 Å². The number of benzene rings is 2. The second-order valence-electron chi connectivity index (χ2n) is 7.83. The lowest BCUT2D eigenvalue weighted by molar-refractivity contribution is 0.0772. The number of furan rings is 1. The van der Waals surface area contributed by atoms with Crippen LogP contribution in [-0.4, -0.2) is 41.5 Å². The van der Waals surface area contributed by atoms with Gasteiger partial charge < -0.3 is 13.7 Å². The molecule has 1 N–H and O–H groups in total. The van der Waals surface area contributed by atoms with Crippen LogP contribution < -0.4 is 5.76 Å². The topological polar surface area (TPSA) is 65.6 Å². The van der Waals surface area contributed by atoms with Gasteiger partial charge in [0.15, 0.2) is 5.58 Å². The first kappa shape index (κ1) is 18.8. The maximum absolute atomic E-state index is 13.4. The smallest absolute Gasteiger partial charge is 0.417 e. The molecule has 5 rings (SSSR count). The molecule has 1 aliphatic heterocycles. The Morgan fingerprint density at radius 1 is 1.10 bits per heavy atom. The lowest BCUT2D eigenvalue weighted by Crippen LogP contribution is -2.46. The molecule has 1 saturated heterocycles. The summed E-state index contributed by atoms with van der Waals surface area (Å²) in [6.45, 7) is 3.41. The summed E-state index contributed by atoms with van der Waals surface area (Å²) < 4.78 is 24.4. The molecule has 0 bridgehead atoms. The fourth-order valence-electron chi connectivity index (χ4n) is 4.09. The van der Waals surface area contributed by atoms with Crippen LogP contribution in [0.1, 0.15) is 17.4 Å². The molecule has 7 heteroatoms. The average molecular weight is 407 g/mol. The number of aromatic amines is 1. The summed E-state index contributed by atoms with van der Waals surface area (Å²) in [5, 5.41) is 0. The van der Waals surface area contributed by atoms with Gasteiger partial charge in [-0.15, -0.1) is 0 Å². The zero-order valence-corrected chi connectivity index (χ0v) is 16.6. The van der Waals surface area contributed by atoms with Crippen molar-refractivity contribution in [1.82, 2.24) is 14.8 Å². The molecule has 2 aromatic heterocycles. The molecular weight excluding hydrogens is 385 g/mol. The van der Waals surface area contributed by atoms with E-state index >= 15 is 0 Å². The van der Waals surface area contributed by atoms with Crippen molar-refractivity contribution in [1.29, 1.82) is 0 Å². The van der Waals surface area contributed by atoms with Gasteiger partial charge in [0.1, 0.15) is 11.6 Å². The number of piperazine rings is 1. The van der Waals surface area contributed by atoms with Gasteiger partial charge in [-0.3, -0.25) is 9.88 Å². The molecule has 154 valence electrons. The van der Waals surface area contributed by atoms with Gasteiger partial charge in [-0.25, -0.2) is 9.18 Å². The Morgan fingerprint density at radius 2 is 1.93 bits per heavy atom. The van der Waals surface area contributed by atoms with Crippen molar-refractivity contribution in [2.75, 3.05) is 26.7 Å². The highest BCUT2D eigenvalue weighted by molar-refractivity contribution is 5.79. The van der Waals surface area contributed by atoms with Gasteiger partial charge in [0.25, 0.3) is 0 Å². The number of aromatic nitrogens is 1. The van der Waals surface area contributed by atoms with Crippen LogP contribution in [0.5, 0.6) is 0 Å². The molecule has 1 fully saturated rings. The molecule has 0 amide bonds. The van der Waals surface area contributed by atoms with Crippen molar-refractivity contribution in [2.45, 2.75) is 12.6 Å². The molecule has 1 atom stereocenters. The normalized spacial score (nSPS) is 18.3. The summed E-state index contributed by atoms with van der Waals surface area (Å²) in [5.41, 5.74) is 4.15. The van der Waals surface area contributed by atoms with Crippen LogP contribution in [0.25, 0.3) is 22.2 Å². The third-order valence-electron chi connectivity index (χ3n) is 5.72. The lowest BCUT2D eigenvalue weighted by atomic mass is 10.0. The van der Waals surface area contributed by atoms with Crippen molar-refractivity contribution in [3.63, 3.8) is 0 Å². The van der Waals surface area contributed by atoms with E-state index in [1.54, 1.807) is 6.26 Å². The molecule has 0 radical (unpaired) electrons. The van der Waals surface area contributed by atoms with E-state index in [0.29, 0.717) is 17.6 Å². The van der Waals surface area contributed by atoms with E-state index in [-0.39, 0.29) is 11.9 Å². The average Bonchev–Trinajstić information content (AvgIpc) is 3.35. The molecule has 2 aromatic carbocycles. The van der Waals surface area contributed by atoms with Crippen LogP contribution in [0.3, 0.4) is 0 Å². The summed E-state index contributed by atoms with van der Waals surface area (Å²) in [5.74, 6) is 0.176. The van der Waals surface area contributed by atoms with E-state index in [1.165, 1.54) is 12.1 Å². The molecule has 30 heavy (non-hydrogen) atoms. The number of oxazole rings is 1. The Bertz CT molecular complexity index is 1220. The number of H-pyrrole nitrogens is 1. The maximum Gasteiger partial charge on any atom is 0.417 e. The molecule has 1 aliphatic rings. The Kier molecular flexibility index (Phi) is 4.77. The minimum atomic E-state index is -0.461. The van der Waals surface area contributed by atoms with E-state index in [4.69, 9.17) is 8.83 Å². The minimum Gasteiger partial charge on any atom is -0.467 e. The SMILES string of the molecule is CN1CCN(Cc2cc(-c3ccc4[nH]c(=O)oc4c3)co2)[C@H](c2ccc(F)cc2)C1. The van der Waals surface area contributed by atoms with Crippen LogP contribution in [0.2, 0.25) is 0 Å².